The molecule has 0 radical (unpaired) electrons. The molecule has 0 saturated heterocycles. The molecule has 5 nitrogen and oxygen atoms in total. The van der Waals surface area contributed by atoms with Crippen molar-refractivity contribution in [1.82, 2.24) is 5.32 Å². The highest BCUT2D eigenvalue weighted by atomic mass is 16.5. The molecule has 1 aromatic carbocycles. The highest BCUT2D eigenvalue weighted by Gasteiger charge is 2.25. The fourth-order valence-corrected chi connectivity index (χ4v) is 1.65. The minimum atomic E-state index is -0.0929. The average molecular weight is 250 g/mol. The first-order valence-electron chi connectivity index (χ1n) is 5.92. The maximum absolute atomic E-state index is 11.9. The van der Waals surface area contributed by atoms with Gasteiger partial charge in [-0.3, -0.25) is 4.90 Å². The summed E-state index contributed by atoms with van der Waals surface area (Å²) in [4.78, 5) is 13.5. The van der Waals surface area contributed by atoms with Crippen LogP contribution in [0.5, 0.6) is 11.5 Å². The molecule has 1 aliphatic carbocycles. The van der Waals surface area contributed by atoms with Gasteiger partial charge in [-0.05, 0) is 25.0 Å². The van der Waals surface area contributed by atoms with Crippen molar-refractivity contribution in [3.63, 3.8) is 0 Å². The Hall–Kier alpha value is -1.91. The van der Waals surface area contributed by atoms with Crippen LogP contribution in [0.3, 0.4) is 0 Å². The van der Waals surface area contributed by atoms with Crippen LogP contribution in [0, 0.1) is 0 Å². The summed E-state index contributed by atoms with van der Waals surface area (Å²) in [5, 5.41) is 2.93. The number of methoxy groups -OCH3 is 2. The lowest BCUT2D eigenvalue weighted by Gasteiger charge is -2.19. The van der Waals surface area contributed by atoms with E-state index in [1.807, 2.05) is 6.07 Å². The summed E-state index contributed by atoms with van der Waals surface area (Å²) in [6.07, 6.45) is 2.15. The molecule has 1 aromatic rings. The molecule has 0 atom stereocenters. The second-order valence-electron chi connectivity index (χ2n) is 4.32. The molecule has 2 amide bonds. The predicted molar refractivity (Wildman–Crippen MR) is 69.5 cm³/mol. The fourth-order valence-electron chi connectivity index (χ4n) is 1.65. The first-order chi connectivity index (χ1) is 8.65. The van der Waals surface area contributed by atoms with Gasteiger partial charge in [-0.2, -0.15) is 0 Å². The molecule has 0 bridgehead atoms. The van der Waals surface area contributed by atoms with E-state index in [9.17, 15) is 4.79 Å². The van der Waals surface area contributed by atoms with E-state index in [1.165, 1.54) is 0 Å². The molecule has 1 aliphatic rings. The van der Waals surface area contributed by atoms with Crippen molar-refractivity contribution in [3.8, 4) is 11.5 Å². The van der Waals surface area contributed by atoms with E-state index in [0.717, 1.165) is 18.5 Å². The van der Waals surface area contributed by atoms with E-state index < -0.39 is 0 Å². The highest BCUT2D eigenvalue weighted by Crippen LogP contribution is 2.31. The second-order valence-corrected chi connectivity index (χ2v) is 4.32. The molecule has 0 aliphatic heterocycles. The lowest BCUT2D eigenvalue weighted by molar-refractivity contribution is 0.247. The summed E-state index contributed by atoms with van der Waals surface area (Å²) in [7, 11) is 4.89. The predicted octanol–water partition coefficient (Wildman–Crippen LogP) is 2.01. The Labute approximate surface area is 107 Å². The van der Waals surface area contributed by atoms with Crippen molar-refractivity contribution in [1.29, 1.82) is 0 Å². The van der Waals surface area contributed by atoms with E-state index in [0.29, 0.717) is 17.5 Å². The smallest absolute Gasteiger partial charge is 0.321 e. The monoisotopic (exact) mass is 250 g/mol. The zero-order chi connectivity index (χ0) is 13.1. The number of hydrogen-bond donors (Lipinski definition) is 1. The van der Waals surface area contributed by atoms with Crippen molar-refractivity contribution >= 4 is 11.7 Å². The van der Waals surface area contributed by atoms with Gasteiger partial charge in [0, 0.05) is 24.8 Å². The molecule has 5 heteroatoms. The summed E-state index contributed by atoms with van der Waals surface area (Å²) < 4.78 is 10.4. The minimum Gasteiger partial charge on any atom is -0.493 e. The molecule has 18 heavy (non-hydrogen) atoms. The highest BCUT2D eigenvalue weighted by molar-refractivity contribution is 5.92. The fraction of sp³-hybridized carbons (Fsp3) is 0.462. The summed E-state index contributed by atoms with van der Waals surface area (Å²) in [6, 6.07) is 5.65. The van der Waals surface area contributed by atoms with E-state index in [-0.39, 0.29) is 6.03 Å². The Morgan fingerprint density at radius 2 is 1.94 bits per heavy atom. The van der Waals surface area contributed by atoms with Gasteiger partial charge in [-0.1, -0.05) is 0 Å². The number of nitrogens with one attached hydrogen (secondary N) is 1. The molecule has 0 aromatic heterocycles. The second kappa shape index (κ2) is 5.16. The van der Waals surface area contributed by atoms with Crippen molar-refractivity contribution in [2.45, 2.75) is 18.9 Å². The van der Waals surface area contributed by atoms with E-state index in [2.05, 4.69) is 5.32 Å². The zero-order valence-corrected chi connectivity index (χ0v) is 10.9. The van der Waals surface area contributed by atoms with Crippen LogP contribution < -0.4 is 19.7 Å². The largest absolute Gasteiger partial charge is 0.493 e. The third kappa shape index (κ3) is 2.67. The van der Waals surface area contributed by atoms with Crippen molar-refractivity contribution in [2.75, 3.05) is 26.2 Å². The van der Waals surface area contributed by atoms with Crippen LogP contribution in [0.1, 0.15) is 12.8 Å². The van der Waals surface area contributed by atoms with Crippen LogP contribution >= 0.6 is 0 Å². The standard InChI is InChI=1S/C13H18N2O3/c1-15(13(16)14-9-4-5-9)10-6-7-11(17-2)12(8-10)18-3/h6-9H,4-5H2,1-3H3,(H,14,16). The van der Waals surface area contributed by atoms with Crippen LogP contribution in [0.25, 0.3) is 0 Å². The van der Waals surface area contributed by atoms with Crippen LogP contribution in [-0.2, 0) is 0 Å². The molecule has 0 unspecified atom stereocenters. The third-order valence-corrected chi connectivity index (χ3v) is 2.96. The Bertz CT molecular complexity index is 444. The van der Waals surface area contributed by atoms with Gasteiger partial charge in [0.2, 0.25) is 0 Å². The third-order valence-electron chi connectivity index (χ3n) is 2.96. The van der Waals surface area contributed by atoms with Gasteiger partial charge in [-0.15, -0.1) is 0 Å². The number of benzene rings is 1. The zero-order valence-electron chi connectivity index (χ0n) is 10.9. The SMILES string of the molecule is COc1ccc(N(C)C(=O)NC2CC2)cc1OC. The van der Waals surface area contributed by atoms with Crippen molar-refractivity contribution in [2.24, 2.45) is 0 Å². The number of rotatable bonds is 4. The molecule has 0 heterocycles. The van der Waals surface area contributed by atoms with Crippen LogP contribution in [-0.4, -0.2) is 33.3 Å². The number of carbonyl (C=O) groups excluding carboxylic acids is 1. The summed E-state index contributed by atoms with van der Waals surface area (Å²) in [5.41, 5.74) is 0.769. The molecule has 1 N–H and O–H groups in total. The molecular formula is C13H18N2O3. The number of anilines is 1. The number of urea groups is 1. The maximum Gasteiger partial charge on any atom is 0.321 e. The lowest BCUT2D eigenvalue weighted by Crippen LogP contribution is -2.38. The van der Waals surface area contributed by atoms with Gasteiger partial charge in [-0.25, -0.2) is 4.79 Å². The van der Waals surface area contributed by atoms with Gasteiger partial charge in [0.15, 0.2) is 11.5 Å². The van der Waals surface area contributed by atoms with E-state index in [4.69, 9.17) is 9.47 Å². The van der Waals surface area contributed by atoms with Crippen molar-refractivity contribution < 1.29 is 14.3 Å². The first kappa shape index (κ1) is 12.5. The Morgan fingerprint density at radius 1 is 1.28 bits per heavy atom. The van der Waals surface area contributed by atoms with Gasteiger partial charge in [0.1, 0.15) is 0 Å². The van der Waals surface area contributed by atoms with Gasteiger partial charge < -0.3 is 14.8 Å². The Balaban J connectivity index is 2.13. The molecule has 0 spiro atoms. The normalized spacial score (nSPS) is 13.9. The summed E-state index contributed by atoms with van der Waals surface area (Å²) in [5.74, 6) is 1.26. The summed E-state index contributed by atoms with van der Waals surface area (Å²) >= 11 is 0. The number of ether oxygens (including phenoxy) is 2. The summed E-state index contributed by atoms with van der Waals surface area (Å²) in [6.45, 7) is 0. The topological polar surface area (TPSA) is 50.8 Å². The molecule has 1 fully saturated rings. The number of amides is 2. The van der Waals surface area contributed by atoms with Gasteiger partial charge in [0.05, 0.1) is 14.2 Å². The van der Waals surface area contributed by atoms with E-state index in [1.54, 1.807) is 38.3 Å². The van der Waals surface area contributed by atoms with Gasteiger partial charge in [0.25, 0.3) is 0 Å². The Kier molecular flexibility index (Phi) is 3.60. The maximum atomic E-state index is 11.9. The lowest BCUT2D eigenvalue weighted by atomic mass is 10.2. The molecule has 1 saturated carbocycles. The Morgan fingerprint density at radius 3 is 2.50 bits per heavy atom. The molecule has 2 rings (SSSR count). The van der Waals surface area contributed by atoms with E-state index >= 15 is 0 Å². The van der Waals surface area contributed by atoms with Crippen LogP contribution in [0.15, 0.2) is 18.2 Å². The molecular weight excluding hydrogens is 232 g/mol. The minimum absolute atomic E-state index is 0.0929. The number of carbonyl (C=O) groups is 1. The van der Waals surface area contributed by atoms with Crippen LogP contribution in [0.2, 0.25) is 0 Å². The van der Waals surface area contributed by atoms with Crippen molar-refractivity contribution in [3.05, 3.63) is 18.2 Å². The number of nitrogens with zero attached hydrogens (tertiary/aromatic N) is 1. The van der Waals surface area contributed by atoms with Crippen LogP contribution in [0.4, 0.5) is 10.5 Å². The number of hydrogen-bond acceptors (Lipinski definition) is 3. The average Bonchev–Trinajstić information content (AvgIpc) is 3.20. The first-order valence-corrected chi connectivity index (χ1v) is 5.92. The van der Waals surface area contributed by atoms with Gasteiger partial charge >= 0.3 is 6.03 Å². The quantitative estimate of drug-likeness (QED) is 0.889. The molecule has 98 valence electrons.